The van der Waals surface area contributed by atoms with Crippen LogP contribution in [0.5, 0.6) is 17.2 Å². The van der Waals surface area contributed by atoms with Gasteiger partial charge in [0.2, 0.25) is 23.6 Å². The van der Waals surface area contributed by atoms with Gasteiger partial charge in [0.05, 0.1) is 33.3 Å². The Morgan fingerprint density at radius 1 is 1.06 bits per heavy atom. The van der Waals surface area contributed by atoms with E-state index in [4.69, 9.17) is 19.9 Å². The van der Waals surface area contributed by atoms with Gasteiger partial charge in [-0.05, 0) is 11.6 Å². The van der Waals surface area contributed by atoms with Crippen molar-refractivity contribution in [1.29, 1.82) is 0 Å². The molecular weight excluding hydrogens is 412 g/mol. The molecule has 1 amide bonds. The van der Waals surface area contributed by atoms with Crippen molar-refractivity contribution in [3.05, 3.63) is 54.5 Å². The number of ether oxygens (including phenoxy) is 3. The van der Waals surface area contributed by atoms with Crippen LogP contribution in [0.1, 0.15) is 5.56 Å². The van der Waals surface area contributed by atoms with Crippen molar-refractivity contribution in [2.75, 3.05) is 26.6 Å². The summed E-state index contributed by atoms with van der Waals surface area (Å²) in [5.41, 5.74) is 7.71. The van der Waals surface area contributed by atoms with Crippen LogP contribution in [0.15, 0.2) is 48.9 Å². The van der Waals surface area contributed by atoms with Gasteiger partial charge in [-0.2, -0.15) is 4.98 Å². The quantitative estimate of drug-likeness (QED) is 0.433. The molecule has 0 saturated carbocycles. The molecule has 0 saturated heterocycles. The first-order chi connectivity index (χ1) is 15.5. The van der Waals surface area contributed by atoms with E-state index < -0.39 is 5.91 Å². The summed E-state index contributed by atoms with van der Waals surface area (Å²) in [5.74, 6) is 1.78. The Morgan fingerprint density at radius 3 is 2.44 bits per heavy atom. The number of nitrogens with one attached hydrogen (secondary N) is 1. The molecule has 4 aromatic rings. The molecule has 0 fully saturated rings. The van der Waals surface area contributed by atoms with Gasteiger partial charge in [0.25, 0.3) is 0 Å². The lowest BCUT2D eigenvalue weighted by Crippen LogP contribution is -2.13. The molecule has 0 radical (unpaired) electrons. The van der Waals surface area contributed by atoms with E-state index in [0.29, 0.717) is 34.8 Å². The van der Waals surface area contributed by atoms with Gasteiger partial charge in [-0.25, -0.2) is 9.97 Å². The number of hydrogen-bond acceptors (Lipinski definition) is 8. The van der Waals surface area contributed by atoms with E-state index in [0.717, 1.165) is 16.5 Å². The molecule has 4 rings (SSSR count). The van der Waals surface area contributed by atoms with Crippen LogP contribution in [-0.4, -0.2) is 46.8 Å². The minimum atomic E-state index is -0.409. The molecule has 3 N–H and O–H groups in total. The maximum absolute atomic E-state index is 11.5. The van der Waals surface area contributed by atoms with Gasteiger partial charge < -0.3 is 25.3 Å². The number of carbonyl (C=O) groups is 1. The molecule has 164 valence electrons. The van der Waals surface area contributed by atoms with Crippen molar-refractivity contribution in [2.24, 2.45) is 5.73 Å². The zero-order valence-corrected chi connectivity index (χ0v) is 17.8. The lowest BCUT2D eigenvalue weighted by atomic mass is 10.1. The SMILES string of the molecule is COc1cc(Nc2ncnc(-n3cc(CC(N)=O)c4ccccc43)n2)cc(OC)c1OC. The second kappa shape index (κ2) is 8.80. The number of fused-ring (bicyclic) bond motifs is 1. The van der Waals surface area contributed by atoms with Crippen LogP contribution in [0.4, 0.5) is 11.6 Å². The zero-order chi connectivity index (χ0) is 22.7. The van der Waals surface area contributed by atoms with Crippen LogP contribution in [0.25, 0.3) is 16.9 Å². The first-order valence-electron chi connectivity index (χ1n) is 9.67. The van der Waals surface area contributed by atoms with Crippen LogP contribution < -0.4 is 25.3 Å². The molecule has 0 aliphatic rings. The fraction of sp³-hybridized carbons (Fsp3) is 0.182. The number of anilines is 2. The highest BCUT2D eigenvalue weighted by atomic mass is 16.5. The molecule has 2 aromatic carbocycles. The van der Waals surface area contributed by atoms with Crippen molar-refractivity contribution >= 4 is 28.4 Å². The van der Waals surface area contributed by atoms with E-state index in [9.17, 15) is 4.79 Å². The summed E-state index contributed by atoms with van der Waals surface area (Å²) in [6.07, 6.45) is 3.34. The summed E-state index contributed by atoms with van der Waals surface area (Å²) in [6.45, 7) is 0. The molecule has 32 heavy (non-hydrogen) atoms. The van der Waals surface area contributed by atoms with Crippen LogP contribution in [-0.2, 0) is 11.2 Å². The summed E-state index contributed by atoms with van der Waals surface area (Å²) in [7, 11) is 4.63. The van der Waals surface area contributed by atoms with Crippen LogP contribution >= 0.6 is 0 Å². The highest BCUT2D eigenvalue weighted by molar-refractivity contribution is 5.89. The van der Waals surface area contributed by atoms with Crippen molar-refractivity contribution < 1.29 is 19.0 Å². The molecule has 0 spiro atoms. The van der Waals surface area contributed by atoms with E-state index in [1.807, 2.05) is 30.5 Å². The van der Waals surface area contributed by atoms with Crippen LogP contribution in [0, 0.1) is 0 Å². The van der Waals surface area contributed by atoms with E-state index in [1.54, 1.807) is 38.0 Å². The molecular formula is C22H22N6O4. The van der Waals surface area contributed by atoms with E-state index in [2.05, 4.69) is 20.3 Å². The summed E-state index contributed by atoms with van der Waals surface area (Å²) in [6, 6.07) is 11.2. The van der Waals surface area contributed by atoms with Gasteiger partial charge in [0.1, 0.15) is 6.33 Å². The lowest BCUT2D eigenvalue weighted by Gasteiger charge is -2.14. The second-order valence-corrected chi connectivity index (χ2v) is 6.83. The predicted octanol–water partition coefficient (Wildman–Crippen LogP) is 2.61. The smallest absolute Gasteiger partial charge is 0.238 e. The normalized spacial score (nSPS) is 10.7. The van der Waals surface area contributed by atoms with Gasteiger partial charge in [0, 0.05) is 29.4 Å². The summed E-state index contributed by atoms with van der Waals surface area (Å²) < 4.78 is 17.9. The number of nitrogens with zero attached hydrogens (tertiary/aromatic N) is 4. The van der Waals surface area contributed by atoms with Crippen molar-refractivity contribution in [1.82, 2.24) is 19.5 Å². The molecule has 0 atom stereocenters. The maximum atomic E-state index is 11.5. The van der Waals surface area contributed by atoms with Gasteiger partial charge in [-0.3, -0.25) is 9.36 Å². The number of carbonyl (C=O) groups excluding carboxylic acids is 1. The third kappa shape index (κ3) is 3.97. The Balaban J connectivity index is 1.72. The Bertz CT molecular complexity index is 1260. The molecule has 10 heteroatoms. The number of methoxy groups -OCH3 is 3. The fourth-order valence-electron chi connectivity index (χ4n) is 3.49. The monoisotopic (exact) mass is 434 g/mol. The number of rotatable bonds is 8. The van der Waals surface area contributed by atoms with E-state index >= 15 is 0 Å². The average Bonchev–Trinajstić information content (AvgIpc) is 3.16. The molecule has 0 aliphatic heterocycles. The molecule has 0 unspecified atom stereocenters. The summed E-state index contributed by atoms with van der Waals surface area (Å²) in [5, 5.41) is 4.04. The number of amides is 1. The number of benzene rings is 2. The van der Waals surface area contributed by atoms with Crippen molar-refractivity contribution in [3.8, 4) is 23.2 Å². The standard InChI is InChI=1S/C22H22N6O4/c1-30-17-9-14(10-18(31-2)20(17)32-3)26-21-24-12-25-22(27-21)28-11-13(8-19(23)29)15-6-4-5-7-16(15)28/h4-7,9-12H,8H2,1-3H3,(H2,23,29)(H,24,25,26,27). The predicted molar refractivity (Wildman–Crippen MR) is 119 cm³/mol. The summed E-state index contributed by atoms with van der Waals surface area (Å²) in [4.78, 5) is 24.6. The minimum Gasteiger partial charge on any atom is -0.493 e. The molecule has 0 bridgehead atoms. The largest absolute Gasteiger partial charge is 0.493 e. The van der Waals surface area contributed by atoms with Crippen LogP contribution in [0.2, 0.25) is 0 Å². The number of primary amides is 1. The Kier molecular flexibility index (Phi) is 5.75. The highest BCUT2D eigenvalue weighted by Crippen LogP contribution is 2.40. The summed E-state index contributed by atoms with van der Waals surface area (Å²) >= 11 is 0. The van der Waals surface area contributed by atoms with Crippen LogP contribution in [0.3, 0.4) is 0 Å². The molecule has 2 aromatic heterocycles. The molecule has 10 nitrogen and oxygen atoms in total. The van der Waals surface area contributed by atoms with Crippen molar-refractivity contribution in [2.45, 2.75) is 6.42 Å². The lowest BCUT2D eigenvalue weighted by molar-refractivity contribution is -0.117. The first kappa shape index (κ1) is 20.9. The molecule has 2 heterocycles. The second-order valence-electron chi connectivity index (χ2n) is 6.83. The third-order valence-corrected chi connectivity index (χ3v) is 4.85. The van der Waals surface area contributed by atoms with Crippen molar-refractivity contribution in [3.63, 3.8) is 0 Å². The van der Waals surface area contributed by atoms with Gasteiger partial charge in [-0.1, -0.05) is 18.2 Å². The van der Waals surface area contributed by atoms with Gasteiger partial charge in [-0.15, -0.1) is 0 Å². The topological polar surface area (TPSA) is 126 Å². The fourth-order valence-corrected chi connectivity index (χ4v) is 3.49. The average molecular weight is 434 g/mol. The van der Waals surface area contributed by atoms with Gasteiger partial charge >= 0.3 is 0 Å². The van der Waals surface area contributed by atoms with E-state index in [-0.39, 0.29) is 6.42 Å². The Morgan fingerprint density at radius 2 is 1.78 bits per heavy atom. The number of nitrogens with two attached hydrogens (primary N) is 1. The highest BCUT2D eigenvalue weighted by Gasteiger charge is 2.16. The van der Waals surface area contributed by atoms with E-state index in [1.165, 1.54) is 6.33 Å². The Labute approximate surface area is 184 Å². The van der Waals surface area contributed by atoms with Gasteiger partial charge in [0.15, 0.2) is 11.5 Å². The zero-order valence-electron chi connectivity index (χ0n) is 17.8. The Hall–Kier alpha value is -4.34. The third-order valence-electron chi connectivity index (χ3n) is 4.85. The maximum Gasteiger partial charge on any atom is 0.238 e. The number of aromatic nitrogens is 4. The molecule has 0 aliphatic carbocycles. The first-order valence-corrected chi connectivity index (χ1v) is 9.67. The number of para-hydroxylation sites is 1. The number of hydrogen-bond donors (Lipinski definition) is 2. The minimum absolute atomic E-state index is 0.120.